The van der Waals surface area contributed by atoms with Crippen molar-refractivity contribution in [3.63, 3.8) is 0 Å². The Bertz CT molecular complexity index is 850. The minimum Gasteiger partial charge on any atom is -0.481 e. The number of esters is 2. The van der Waals surface area contributed by atoms with Gasteiger partial charge >= 0.3 is 17.9 Å². The highest BCUT2D eigenvalue weighted by Gasteiger charge is 2.12. The van der Waals surface area contributed by atoms with Gasteiger partial charge in [-0.15, -0.1) is 0 Å². The number of aliphatic carboxylic acids is 1. The molecule has 1 aliphatic heterocycles. The fourth-order valence-electron chi connectivity index (χ4n) is 3.17. The van der Waals surface area contributed by atoms with Crippen molar-refractivity contribution in [2.75, 3.05) is 0 Å². The highest BCUT2D eigenvalue weighted by Crippen LogP contribution is 2.09. The smallest absolute Gasteiger partial charge is 0.331 e. The Morgan fingerprint density at radius 3 is 2.44 bits per heavy atom. The lowest BCUT2D eigenvalue weighted by Crippen LogP contribution is -2.16. The molecule has 0 unspecified atom stereocenters. The fraction of sp³-hybridized carbons (Fsp3) is 0.464. The highest BCUT2D eigenvalue weighted by atomic mass is 16.5. The van der Waals surface area contributed by atoms with Crippen molar-refractivity contribution in [1.29, 1.82) is 0 Å². The Labute approximate surface area is 213 Å². The number of cyclic esters (lactones) is 1. The van der Waals surface area contributed by atoms with Crippen molar-refractivity contribution < 1.29 is 39.2 Å². The van der Waals surface area contributed by atoms with Crippen LogP contribution < -0.4 is 0 Å². The van der Waals surface area contributed by atoms with E-state index < -0.39 is 36.2 Å². The third-order valence-electron chi connectivity index (χ3n) is 5.05. The number of hydrogen-bond acceptors (Lipinski definition) is 7. The molecule has 0 fully saturated rings. The summed E-state index contributed by atoms with van der Waals surface area (Å²) in [6.07, 6.45) is 20.5. The first-order valence-electron chi connectivity index (χ1n) is 12.2. The Morgan fingerprint density at radius 1 is 0.972 bits per heavy atom. The number of carbonyl (C=O) groups excluding carboxylic acids is 2. The number of carboxylic acids is 1. The van der Waals surface area contributed by atoms with Gasteiger partial charge < -0.3 is 24.8 Å². The lowest BCUT2D eigenvalue weighted by atomic mass is 10.1. The molecule has 0 saturated carbocycles. The van der Waals surface area contributed by atoms with E-state index in [0.29, 0.717) is 19.3 Å². The van der Waals surface area contributed by atoms with Gasteiger partial charge in [0.1, 0.15) is 6.10 Å². The number of hydrogen-bond donors (Lipinski definition) is 3. The molecule has 0 spiro atoms. The molecule has 0 saturated heterocycles. The zero-order chi connectivity index (χ0) is 26.6. The predicted octanol–water partition coefficient (Wildman–Crippen LogP) is 4.11. The molecule has 0 aromatic rings. The van der Waals surface area contributed by atoms with Crippen molar-refractivity contribution in [3.05, 3.63) is 72.9 Å². The lowest BCUT2D eigenvalue weighted by Gasteiger charge is -2.12. The third-order valence-corrected chi connectivity index (χ3v) is 5.05. The van der Waals surface area contributed by atoms with Crippen molar-refractivity contribution in [1.82, 2.24) is 0 Å². The maximum Gasteiger partial charge on any atom is 0.331 e. The topological polar surface area (TPSA) is 130 Å². The number of carbonyl (C=O) groups is 3. The maximum atomic E-state index is 11.9. The van der Waals surface area contributed by atoms with E-state index in [1.54, 1.807) is 54.7 Å². The molecule has 1 heterocycles. The summed E-state index contributed by atoms with van der Waals surface area (Å²) >= 11 is 0. The average Bonchev–Trinajstić information content (AvgIpc) is 2.80. The van der Waals surface area contributed by atoms with Crippen LogP contribution >= 0.6 is 0 Å². The number of aliphatic hydroxyl groups excluding tert-OH is 2. The van der Waals surface area contributed by atoms with Crippen molar-refractivity contribution >= 4 is 17.9 Å². The number of allylic oxidation sites excluding steroid dienone is 7. The van der Waals surface area contributed by atoms with E-state index in [1.165, 1.54) is 6.08 Å². The first-order chi connectivity index (χ1) is 17.3. The summed E-state index contributed by atoms with van der Waals surface area (Å²) in [4.78, 5) is 34.6. The van der Waals surface area contributed by atoms with Crippen LogP contribution in [0.4, 0.5) is 0 Å². The first kappa shape index (κ1) is 30.8. The van der Waals surface area contributed by atoms with E-state index in [9.17, 15) is 24.6 Å². The van der Waals surface area contributed by atoms with Gasteiger partial charge in [-0.3, -0.25) is 9.59 Å². The van der Waals surface area contributed by atoms with Gasteiger partial charge in [0, 0.05) is 18.9 Å². The molecule has 198 valence electrons. The second kappa shape index (κ2) is 19.0. The van der Waals surface area contributed by atoms with E-state index in [1.807, 2.05) is 19.1 Å². The molecular weight excluding hydrogens is 464 g/mol. The van der Waals surface area contributed by atoms with E-state index in [-0.39, 0.29) is 25.4 Å². The van der Waals surface area contributed by atoms with Crippen molar-refractivity contribution in [2.45, 2.75) is 82.7 Å². The molecule has 0 aromatic carbocycles. The summed E-state index contributed by atoms with van der Waals surface area (Å²) in [6, 6.07) is 0. The quantitative estimate of drug-likeness (QED) is 0.490. The van der Waals surface area contributed by atoms with E-state index in [2.05, 4.69) is 0 Å². The lowest BCUT2D eigenvalue weighted by molar-refractivity contribution is -0.150. The molecule has 4 atom stereocenters. The Morgan fingerprint density at radius 2 is 1.67 bits per heavy atom. The monoisotopic (exact) mass is 502 g/mol. The van der Waals surface area contributed by atoms with Crippen LogP contribution in [0.1, 0.15) is 58.3 Å². The normalized spacial score (nSPS) is 30.5. The SMILES string of the molecule is C[C@@H]1CCC/C=C/C=C\[C@H](O)C[C@@H](O)C/C=C/C=C/[C@@H](OC(=O)CCC(=O)O)C/C=C\C=C\C(=O)O1. The van der Waals surface area contributed by atoms with Crippen molar-refractivity contribution in [3.8, 4) is 0 Å². The fourth-order valence-corrected chi connectivity index (χ4v) is 3.17. The Hall–Kier alpha value is -3.23. The van der Waals surface area contributed by atoms with E-state index in [0.717, 1.165) is 12.8 Å². The van der Waals surface area contributed by atoms with Gasteiger partial charge in [-0.2, -0.15) is 0 Å². The second-order valence-electron chi connectivity index (χ2n) is 8.44. The first-order valence-corrected chi connectivity index (χ1v) is 12.2. The molecule has 0 radical (unpaired) electrons. The van der Waals surface area contributed by atoms with Gasteiger partial charge in [-0.1, -0.05) is 60.8 Å². The van der Waals surface area contributed by atoms with Crippen LogP contribution in [0, 0.1) is 0 Å². The van der Waals surface area contributed by atoms with Crippen LogP contribution in [0.5, 0.6) is 0 Å². The standard InChI is InChI=1S/C28H38O8/c1-22-13-7-3-2-4-8-14-23(29)21-24(30)15-9-5-10-16-25(36-28(34)20-19-26(31)32)17-11-6-12-18-27(33)35-22/h2,4-6,8-12,14,16,18,22-25,29-30H,3,7,13,15,17,19-21H2,1H3,(H,31,32)/b4-2+,9-5+,11-6-,14-8-,16-10+,18-12+/t22-,23+,24+,25-/m1/s1. The summed E-state index contributed by atoms with van der Waals surface area (Å²) in [6.45, 7) is 1.83. The molecule has 0 aliphatic carbocycles. The predicted molar refractivity (Wildman–Crippen MR) is 137 cm³/mol. The molecule has 8 heteroatoms. The molecule has 36 heavy (non-hydrogen) atoms. The molecule has 1 rings (SSSR count). The molecule has 0 aromatic heterocycles. The zero-order valence-electron chi connectivity index (χ0n) is 20.8. The Kier molecular flexibility index (Phi) is 16.3. The van der Waals surface area contributed by atoms with Crippen LogP contribution in [-0.4, -0.2) is 57.6 Å². The van der Waals surface area contributed by atoms with Gasteiger partial charge in [0.25, 0.3) is 0 Å². The average molecular weight is 503 g/mol. The summed E-state index contributed by atoms with van der Waals surface area (Å²) in [5, 5.41) is 28.9. The number of aliphatic hydroxyl groups is 2. The zero-order valence-corrected chi connectivity index (χ0v) is 20.8. The molecule has 0 amide bonds. The number of carboxylic acid groups (broad SMARTS) is 1. The van der Waals surface area contributed by atoms with Crippen LogP contribution in [0.15, 0.2) is 72.9 Å². The van der Waals surface area contributed by atoms with Gasteiger partial charge in [-0.25, -0.2) is 4.79 Å². The number of ether oxygens (including phenoxy) is 2. The third kappa shape index (κ3) is 17.2. The van der Waals surface area contributed by atoms with Crippen LogP contribution in [0.3, 0.4) is 0 Å². The Balaban J connectivity index is 2.86. The van der Waals surface area contributed by atoms with Crippen molar-refractivity contribution in [2.24, 2.45) is 0 Å². The minimum atomic E-state index is -1.08. The van der Waals surface area contributed by atoms with E-state index in [4.69, 9.17) is 14.6 Å². The molecule has 1 aliphatic rings. The minimum absolute atomic E-state index is 0.198. The van der Waals surface area contributed by atoms with Gasteiger partial charge in [0.15, 0.2) is 0 Å². The van der Waals surface area contributed by atoms with Crippen LogP contribution in [0.25, 0.3) is 0 Å². The summed E-state index contributed by atoms with van der Waals surface area (Å²) < 4.78 is 10.7. The van der Waals surface area contributed by atoms with E-state index >= 15 is 0 Å². The highest BCUT2D eigenvalue weighted by molar-refractivity contribution is 5.82. The van der Waals surface area contributed by atoms with Gasteiger partial charge in [-0.05, 0) is 38.7 Å². The van der Waals surface area contributed by atoms with Crippen LogP contribution in [0.2, 0.25) is 0 Å². The second-order valence-corrected chi connectivity index (χ2v) is 8.44. The number of rotatable bonds is 4. The van der Waals surface area contributed by atoms with Crippen LogP contribution in [-0.2, 0) is 23.9 Å². The summed E-state index contributed by atoms with van der Waals surface area (Å²) in [5.74, 6) is -2.16. The molecule has 0 bridgehead atoms. The van der Waals surface area contributed by atoms with Gasteiger partial charge in [0.05, 0.1) is 31.2 Å². The summed E-state index contributed by atoms with van der Waals surface area (Å²) in [7, 11) is 0. The molecule has 3 N–H and O–H groups in total. The largest absolute Gasteiger partial charge is 0.481 e. The molecular formula is C28H38O8. The molecule has 8 nitrogen and oxygen atoms in total. The van der Waals surface area contributed by atoms with Gasteiger partial charge in [0.2, 0.25) is 0 Å². The maximum absolute atomic E-state index is 11.9. The summed E-state index contributed by atoms with van der Waals surface area (Å²) in [5.41, 5.74) is 0.